The number of hydrogen-bond donors (Lipinski definition) is 1. The molecule has 0 aliphatic heterocycles. The predicted octanol–water partition coefficient (Wildman–Crippen LogP) is -8.14. The molecule has 0 aromatic carbocycles. The summed E-state index contributed by atoms with van der Waals surface area (Å²) in [5, 5.41) is 7.42. The van der Waals surface area contributed by atoms with Crippen LogP contribution in [0.1, 0.15) is 11.2 Å². The van der Waals surface area contributed by atoms with Crippen LogP contribution < -0.4 is 110 Å². The standard InChI is InChI=1S/C2H4O2.ClH.K.2Na.3H/c1-2(3)4;;;;;;;/h1H3,(H,3,4);1H;;;;;;/q;;3*+1;3*-1. The van der Waals surface area contributed by atoms with Gasteiger partial charge in [-0.05, 0) is 0 Å². The zero-order valence-corrected chi connectivity index (χ0v) is 13.7. The van der Waals surface area contributed by atoms with E-state index in [1.165, 1.54) is 0 Å². The zero-order chi connectivity index (χ0) is 3.58. The molecule has 0 heterocycles. The first-order valence-electron chi connectivity index (χ1n) is 0.928. The smallest absolute Gasteiger partial charge is 1.00 e. The van der Waals surface area contributed by atoms with Crippen LogP contribution in [-0.2, 0) is 4.79 Å². The zero-order valence-electron chi connectivity index (χ0n) is 8.76. The third-order valence-electron chi connectivity index (χ3n) is 0. The topological polar surface area (TPSA) is 37.3 Å². The van der Waals surface area contributed by atoms with Crippen molar-refractivity contribution in [2.45, 2.75) is 6.92 Å². The van der Waals surface area contributed by atoms with Crippen LogP contribution in [-0.4, -0.2) is 11.1 Å². The van der Waals surface area contributed by atoms with Crippen LogP contribution in [0.3, 0.4) is 0 Å². The number of carbonyl (C=O) groups is 1. The van der Waals surface area contributed by atoms with E-state index in [4.69, 9.17) is 9.90 Å². The van der Waals surface area contributed by atoms with E-state index in [1.54, 1.807) is 0 Å². The third kappa shape index (κ3) is 57.4. The molecule has 0 saturated heterocycles. The molecule has 0 aromatic rings. The van der Waals surface area contributed by atoms with Crippen LogP contribution in [0.15, 0.2) is 0 Å². The van der Waals surface area contributed by atoms with Crippen LogP contribution in [0.4, 0.5) is 0 Å². The summed E-state index contributed by atoms with van der Waals surface area (Å²) in [6.07, 6.45) is 0. The van der Waals surface area contributed by atoms with Gasteiger partial charge in [0.25, 0.3) is 5.97 Å². The largest absolute Gasteiger partial charge is 1.00 e. The van der Waals surface area contributed by atoms with Crippen molar-refractivity contribution >= 4 is 18.4 Å². The summed E-state index contributed by atoms with van der Waals surface area (Å²) in [6.45, 7) is 1.08. The van der Waals surface area contributed by atoms with Gasteiger partial charge in [0.2, 0.25) is 0 Å². The Morgan fingerprint density at radius 3 is 1.50 bits per heavy atom. The minimum absolute atomic E-state index is 0. The van der Waals surface area contributed by atoms with E-state index in [0.29, 0.717) is 0 Å². The van der Waals surface area contributed by atoms with Crippen LogP contribution >= 0.6 is 12.4 Å². The quantitative estimate of drug-likeness (QED) is 0.380. The molecule has 8 heavy (non-hydrogen) atoms. The van der Waals surface area contributed by atoms with Gasteiger partial charge in [-0.15, -0.1) is 12.4 Å². The average Bonchev–Trinajstić information content (AvgIpc) is 0.811. The fourth-order valence-corrected chi connectivity index (χ4v) is 0. The SMILES string of the molecule is CC(=O)O.Cl.[H-].[H-].[H-].[K+].[Na+].[Na+]. The molecule has 38 valence electrons. The number of halogens is 1. The Morgan fingerprint density at radius 2 is 1.50 bits per heavy atom. The monoisotopic (exact) mass is 184 g/mol. The van der Waals surface area contributed by atoms with E-state index in [2.05, 4.69) is 0 Å². The van der Waals surface area contributed by atoms with E-state index in [-0.39, 0.29) is 127 Å². The van der Waals surface area contributed by atoms with Crippen molar-refractivity contribution in [3.8, 4) is 0 Å². The summed E-state index contributed by atoms with van der Waals surface area (Å²) >= 11 is 0. The summed E-state index contributed by atoms with van der Waals surface area (Å²) in [4.78, 5) is 9.00. The van der Waals surface area contributed by atoms with E-state index < -0.39 is 5.97 Å². The van der Waals surface area contributed by atoms with E-state index >= 15 is 0 Å². The molecule has 0 saturated carbocycles. The van der Waals surface area contributed by atoms with Gasteiger partial charge in [0, 0.05) is 6.92 Å². The van der Waals surface area contributed by atoms with Gasteiger partial charge < -0.3 is 9.39 Å². The Kier molecular flexibility index (Phi) is 84.4. The van der Waals surface area contributed by atoms with E-state index in [0.717, 1.165) is 6.92 Å². The molecule has 0 bridgehead atoms. The molecule has 1 N–H and O–H groups in total. The van der Waals surface area contributed by atoms with Crippen molar-refractivity contribution < 1.29 is 125 Å². The first-order chi connectivity index (χ1) is 1.73. The van der Waals surface area contributed by atoms with Crippen LogP contribution in [0.25, 0.3) is 0 Å². The van der Waals surface area contributed by atoms with Gasteiger partial charge in [-0.25, -0.2) is 0 Å². The Morgan fingerprint density at radius 1 is 1.50 bits per heavy atom. The first kappa shape index (κ1) is 30.1. The second kappa shape index (κ2) is 22.4. The van der Waals surface area contributed by atoms with E-state index in [9.17, 15) is 0 Å². The Labute approximate surface area is 146 Å². The molecule has 0 aliphatic carbocycles. The third-order valence-corrected chi connectivity index (χ3v) is 0. The summed E-state index contributed by atoms with van der Waals surface area (Å²) in [7, 11) is 0. The van der Waals surface area contributed by atoms with Gasteiger partial charge in [-0.2, -0.15) is 0 Å². The van der Waals surface area contributed by atoms with Crippen molar-refractivity contribution in [3.63, 3.8) is 0 Å². The maximum absolute atomic E-state index is 9.00. The second-order valence-electron chi connectivity index (χ2n) is 0.519. The molecule has 0 aromatic heterocycles. The summed E-state index contributed by atoms with van der Waals surface area (Å²) in [5.41, 5.74) is 0. The number of hydrogen-bond acceptors (Lipinski definition) is 1. The van der Waals surface area contributed by atoms with Gasteiger partial charge >= 0.3 is 110 Å². The Hall–Kier alpha value is 3.40. The van der Waals surface area contributed by atoms with Crippen molar-refractivity contribution in [2.24, 2.45) is 0 Å². The molecule has 0 unspecified atom stereocenters. The number of carboxylic acid groups (broad SMARTS) is 1. The fourth-order valence-electron chi connectivity index (χ4n) is 0. The minimum atomic E-state index is -0.833. The maximum Gasteiger partial charge on any atom is 1.00 e. The van der Waals surface area contributed by atoms with Gasteiger partial charge in [0.15, 0.2) is 0 Å². The van der Waals surface area contributed by atoms with Crippen molar-refractivity contribution in [1.82, 2.24) is 0 Å². The van der Waals surface area contributed by atoms with Crippen LogP contribution in [0.5, 0.6) is 0 Å². The number of carboxylic acids is 1. The van der Waals surface area contributed by atoms with E-state index in [1.807, 2.05) is 0 Å². The molecule has 0 fully saturated rings. The first-order valence-corrected chi connectivity index (χ1v) is 0.928. The summed E-state index contributed by atoms with van der Waals surface area (Å²) in [6, 6.07) is 0. The molecule has 0 radical (unpaired) electrons. The second-order valence-corrected chi connectivity index (χ2v) is 0.519. The molecule has 0 rings (SSSR count). The average molecular weight is 185 g/mol. The van der Waals surface area contributed by atoms with Gasteiger partial charge in [0.1, 0.15) is 0 Å². The van der Waals surface area contributed by atoms with Crippen LogP contribution in [0, 0.1) is 0 Å². The molecule has 6 heteroatoms. The summed E-state index contributed by atoms with van der Waals surface area (Å²) in [5.74, 6) is -0.833. The number of aliphatic carboxylic acids is 1. The number of rotatable bonds is 0. The predicted molar refractivity (Wildman–Crippen MR) is 23.9 cm³/mol. The van der Waals surface area contributed by atoms with Crippen molar-refractivity contribution in [1.29, 1.82) is 0 Å². The molecule has 0 aliphatic rings. The molecular weight excluding hydrogens is 177 g/mol. The van der Waals surface area contributed by atoms with Crippen molar-refractivity contribution in [3.05, 3.63) is 0 Å². The normalized spacial score (nSPS) is 3.12. The fraction of sp³-hybridized carbons (Fsp3) is 0.500. The molecule has 0 atom stereocenters. The molecule has 2 nitrogen and oxygen atoms in total. The van der Waals surface area contributed by atoms with Gasteiger partial charge in [0.05, 0.1) is 0 Å². The summed E-state index contributed by atoms with van der Waals surface area (Å²) < 4.78 is 0. The molecular formula is C2H8ClKNa2O2. The van der Waals surface area contributed by atoms with Gasteiger partial charge in [-0.1, -0.05) is 0 Å². The van der Waals surface area contributed by atoms with Crippen molar-refractivity contribution in [2.75, 3.05) is 0 Å². The van der Waals surface area contributed by atoms with Crippen LogP contribution in [0.2, 0.25) is 0 Å². The molecule has 0 amide bonds. The minimum Gasteiger partial charge on any atom is -1.00 e. The Bertz CT molecular complexity index is 50.3. The maximum atomic E-state index is 9.00. The Balaban J connectivity index is -0.00000000214. The van der Waals surface area contributed by atoms with Gasteiger partial charge in [-0.3, -0.25) is 4.79 Å². The molecule has 0 spiro atoms.